The van der Waals surface area contributed by atoms with Crippen LogP contribution in [-0.2, 0) is 27.7 Å². The van der Waals surface area contributed by atoms with Gasteiger partial charge in [0.05, 0.1) is 38.9 Å². The molecule has 0 saturated heterocycles. The van der Waals surface area contributed by atoms with Gasteiger partial charge in [0.1, 0.15) is 27.7 Å². The highest BCUT2D eigenvalue weighted by Crippen LogP contribution is 2.40. The van der Waals surface area contributed by atoms with E-state index in [1.807, 2.05) is 13.0 Å². The third kappa shape index (κ3) is 10.2. The topological polar surface area (TPSA) is 199 Å². The van der Waals surface area contributed by atoms with Gasteiger partial charge in [-0.05, 0) is 88.4 Å². The molecule has 2 amide bonds. The lowest BCUT2D eigenvalue weighted by atomic mass is 10.2. The number of anilines is 3. The van der Waals surface area contributed by atoms with Crippen molar-refractivity contribution in [3.8, 4) is 17.2 Å². The van der Waals surface area contributed by atoms with Crippen molar-refractivity contribution in [2.45, 2.75) is 70.4 Å². The van der Waals surface area contributed by atoms with E-state index in [4.69, 9.17) is 23.5 Å². The molecule has 0 aliphatic carbocycles. The summed E-state index contributed by atoms with van der Waals surface area (Å²) in [6.07, 6.45) is 2.43. The van der Waals surface area contributed by atoms with E-state index in [0.29, 0.717) is 65.5 Å². The Bertz CT molecular complexity index is 2230. The molecule has 3 aromatic carbocycles. The van der Waals surface area contributed by atoms with Gasteiger partial charge in [0.25, 0.3) is 15.9 Å². The van der Waals surface area contributed by atoms with Crippen LogP contribution in [0.2, 0.25) is 0 Å². The van der Waals surface area contributed by atoms with Gasteiger partial charge in [-0.15, -0.1) is 0 Å². The first-order valence-corrected chi connectivity index (χ1v) is 19.6. The second kappa shape index (κ2) is 18.1. The number of fused-ring (bicyclic) bond motifs is 1. The van der Waals surface area contributed by atoms with Crippen molar-refractivity contribution < 1.29 is 41.5 Å². The van der Waals surface area contributed by atoms with E-state index in [2.05, 4.69) is 31.3 Å². The molecular formula is C39H49N7O9S. The summed E-state index contributed by atoms with van der Waals surface area (Å²) in [7, 11) is -0.0416. The first kappa shape index (κ1) is 41.2. The molecule has 0 fully saturated rings. The minimum Gasteiger partial charge on any atom is -0.497 e. The third-order valence-electron chi connectivity index (χ3n) is 8.57. The van der Waals surface area contributed by atoms with Crippen LogP contribution in [0.5, 0.6) is 17.2 Å². The summed E-state index contributed by atoms with van der Waals surface area (Å²) >= 11 is 0. The van der Waals surface area contributed by atoms with Gasteiger partial charge in [0.2, 0.25) is 0 Å². The SMILES string of the molecule is CCc1cc(Nc2cc3onc(N(Cc4ccc(OC)cc4)S(=O)(=O)c4ccc(C(=O)NCCCCCNC(=O)OC(C)(C)C)cc4OC)c3cc2OC)n[nH]1. The molecule has 0 spiro atoms. The quantitative estimate of drug-likeness (QED) is 0.0686. The van der Waals surface area contributed by atoms with Crippen LogP contribution >= 0.6 is 0 Å². The summed E-state index contributed by atoms with van der Waals surface area (Å²) in [4.78, 5) is 24.7. The first-order valence-electron chi connectivity index (χ1n) is 18.1. The molecule has 4 N–H and O–H groups in total. The first-order chi connectivity index (χ1) is 26.8. The van der Waals surface area contributed by atoms with Crippen molar-refractivity contribution in [1.29, 1.82) is 0 Å². The monoisotopic (exact) mass is 791 g/mol. The number of hydrogen-bond donors (Lipinski definition) is 4. The number of nitrogens with zero attached hydrogens (tertiary/aromatic N) is 3. The van der Waals surface area contributed by atoms with Crippen molar-refractivity contribution >= 4 is 50.3 Å². The van der Waals surface area contributed by atoms with Gasteiger partial charge in [-0.25, -0.2) is 17.5 Å². The Morgan fingerprint density at radius 1 is 0.875 bits per heavy atom. The number of alkyl carbamates (subject to hydrolysis) is 1. The molecule has 5 rings (SSSR count). The smallest absolute Gasteiger partial charge is 0.407 e. The van der Waals surface area contributed by atoms with Crippen molar-refractivity contribution in [3.05, 3.63) is 77.5 Å². The minimum absolute atomic E-state index is 0.0128. The number of amides is 2. The fraction of sp³-hybridized carbons (Fsp3) is 0.385. The number of rotatable bonds is 18. The number of sulfonamides is 1. The van der Waals surface area contributed by atoms with Gasteiger partial charge in [0.15, 0.2) is 17.2 Å². The average Bonchev–Trinajstić information content (AvgIpc) is 3.81. The highest BCUT2D eigenvalue weighted by molar-refractivity contribution is 7.93. The fourth-order valence-corrected chi connectivity index (χ4v) is 7.24. The van der Waals surface area contributed by atoms with Gasteiger partial charge in [0, 0.05) is 36.5 Å². The van der Waals surface area contributed by atoms with E-state index in [1.54, 1.807) is 64.3 Å². The summed E-state index contributed by atoms with van der Waals surface area (Å²) in [5.74, 6) is 1.15. The number of carbonyl (C=O) groups is 2. The molecule has 0 atom stereocenters. The molecule has 0 saturated carbocycles. The van der Waals surface area contributed by atoms with Crippen molar-refractivity contribution in [1.82, 2.24) is 26.0 Å². The lowest BCUT2D eigenvalue weighted by molar-refractivity contribution is 0.0527. The zero-order valence-electron chi connectivity index (χ0n) is 32.6. The third-order valence-corrected chi connectivity index (χ3v) is 10.3. The van der Waals surface area contributed by atoms with Crippen LogP contribution in [0.1, 0.15) is 68.6 Å². The van der Waals surface area contributed by atoms with Gasteiger partial charge < -0.3 is 39.4 Å². The number of carbonyl (C=O) groups excluding carboxylic acids is 2. The molecule has 5 aromatic rings. The summed E-state index contributed by atoms with van der Waals surface area (Å²) in [5.41, 5.74) is 2.05. The van der Waals surface area contributed by atoms with Crippen LogP contribution in [0.3, 0.4) is 0 Å². The maximum atomic E-state index is 14.7. The van der Waals surface area contributed by atoms with Crippen molar-refractivity contribution in [2.24, 2.45) is 0 Å². The van der Waals surface area contributed by atoms with Gasteiger partial charge >= 0.3 is 6.09 Å². The number of unbranched alkanes of at least 4 members (excludes halogenated alkanes) is 2. The second-order valence-electron chi connectivity index (χ2n) is 13.8. The summed E-state index contributed by atoms with van der Waals surface area (Å²) in [6.45, 7) is 8.10. The lowest BCUT2D eigenvalue weighted by Crippen LogP contribution is -2.33. The molecule has 0 radical (unpaired) electrons. The van der Waals surface area contributed by atoms with Crippen LogP contribution in [0.15, 0.2) is 70.1 Å². The Labute approximate surface area is 326 Å². The number of methoxy groups -OCH3 is 3. The zero-order valence-corrected chi connectivity index (χ0v) is 33.5. The standard InChI is InChI=1S/C39H49N7O9S/c1-8-27-21-35(44-43-27)42-30-23-31-29(22-32(30)52-6)36(45-55-31)46(24-25-12-15-28(51-5)16-13-25)56(49,50)34-17-14-26(20-33(34)53-7)37(47)40-18-10-9-11-19-41-38(48)54-39(2,3)4/h12-17,20-23H,8-11,18-19,24H2,1-7H3,(H,40,47)(H,41,48)(H2,42,43,44). The number of nitrogens with one attached hydrogen (secondary N) is 4. The number of aromatic amines is 1. The van der Waals surface area contributed by atoms with Crippen LogP contribution in [0.25, 0.3) is 11.0 Å². The van der Waals surface area contributed by atoms with Gasteiger partial charge in [-0.1, -0.05) is 24.2 Å². The molecule has 300 valence electrons. The van der Waals surface area contributed by atoms with E-state index in [1.165, 1.54) is 32.4 Å². The summed E-state index contributed by atoms with van der Waals surface area (Å²) in [5, 5.41) is 20.7. The van der Waals surface area contributed by atoms with E-state index in [9.17, 15) is 18.0 Å². The molecule has 16 nitrogen and oxygen atoms in total. The highest BCUT2D eigenvalue weighted by atomic mass is 32.2. The van der Waals surface area contributed by atoms with Crippen LogP contribution < -0.4 is 34.5 Å². The molecule has 56 heavy (non-hydrogen) atoms. The summed E-state index contributed by atoms with van der Waals surface area (Å²) < 4.78 is 58.1. The van der Waals surface area contributed by atoms with Crippen molar-refractivity contribution in [2.75, 3.05) is 44.0 Å². The Kier molecular flexibility index (Phi) is 13.3. The average molecular weight is 792 g/mol. The molecule has 2 aromatic heterocycles. The van der Waals surface area contributed by atoms with E-state index < -0.39 is 27.6 Å². The molecular weight excluding hydrogens is 743 g/mol. The second-order valence-corrected chi connectivity index (χ2v) is 15.6. The van der Waals surface area contributed by atoms with Crippen LogP contribution in [0, 0.1) is 0 Å². The Morgan fingerprint density at radius 3 is 2.23 bits per heavy atom. The number of H-pyrrole nitrogens is 1. The number of aromatic nitrogens is 3. The highest BCUT2D eigenvalue weighted by Gasteiger charge is 2.33. The molecule has 0 aliphatic heterocycles. The van der Waals surface area contributed by atoms with Gasteiger partial charge in [-0.3, -0.25) is 9.89 Å². The summed E-state index contributed by atoms with van der Waals surface area (Å²) in [6, 6.07) is 16.3. The van der Waals surface area contributed by atoms with Crippen molar-refractivity contribution in [3.63, 3.8) is 0 Å². The van der Waals surface area contributed by atoms with Gasteiger partial charge in [-0.2, -0.15) is 5.10 Å². The number of hydrogen-bond acceptors (Lipinski definition) is 12. The van der Waals surface area contributed by atoms with E-state index in [-0.39, 0.29) is 28.6 Å². The molecule has 0 bridgehead atoms. The fourth-order valence-electron chi connectivity index (χ4n) is 5.69. The zero-order chi connectivity index (χ0) is 40.5. The Balaban J connectivity index is 1.37. The Hall–Kier alpha value is -5.97. The van der Waals surface area contributed by atoms with E-state index >= 15 is 0 Å². The predicted molar refractivity (Wildman–Crippen MR) is 212 cm³/mol. The number of ether oxygens (including phenoxy) is 4. The normalized spacial score (nSPS) is 11.6. The predicted octanol–water partition coefficient (Wildman–Crippen LogP) is 6.70. The van der Waals surface area contributed by atoms with E-state index in [0.717, 1.165) is 22.8 Å². The largest absolute Gasteiger partial charge is 0.497 e. The maximum Gasteiger partial charge on any atom is 0.407 e. The molecule has 2 heterocycles. The number of benzene rings is 3. The minimum atomic E-state index is -4.43. The maximum absolute atomic E-state index is 14.7. The Morgan fingerprint density at radius 2 is 1.59 bits per heavy atom. The molecule has 0 aliphatic rings. The van der Waals surface area contributed by atoms with Crippen LogP contribution in [0.4, 0.5) is 22.1 Å². The molecule has 0 unspecified atom stereocenters. The lowest BCUT2D eigenvalue weighted by Gasteiger charge is -2.24. The van der Waals surface area contributed by atoms with Crippen LogP contribution in [-0.4, -0.2) is 75.8 Å². The molecule has 17 heteroatoms. The number of aryl methyl sites for hydroxylation is 1.